The van der Waals surface area contributed by atoms with E-state index in [-0.39, 0.29) is 18.4 Å². The zero-order chi connectivity index (χ0) is 17.5. The third-order valence-corrected chi connectivity index (χ3v) is 4.07. The minimum atomic E-state index is -0.687. The molecule has 126 valence electrons. The van der Waals surface area contributed by atoms with Gasteiger partial charge in [0.1, 0.15) is 12.6 Å². The Morgan fingerprint density at radius 3 is 2.25 bits per heavy atom. The molecule has 0 saturated carbocycles. The van der Waals surface area contributed by atoms with Crippen molar-refractivity contribution in [2.75, 3.05) is 0 Å². The Balaban J connectivity index is 1.97. The van der Waals surface area contributed by atoms with Crippen LogP contribution in [0.5, 0.6) is 0 Å². The van der Waals surface area contributed by atoms with E-state index in [9.17, 15) is 9.59 Å². The Hall–Kier alpha value is -2.14. The van der Waals surface area contributed by atoms with Crippen molar-refractivity contribution in [2.24, 2.45) is 5.92 Å². The Morgan fingerprint density at radius 2 is 1.67 bits per heavy atom. The molecular formula is C19H20BrNO3. The lowest BCUT2D eigenvalue weighted by Gasteiger charge is -2.21. The maximum atomic E-state index is 12.3. The zero-order valence-electron chi connectivity index (χ0n) is 13.7. The molecule has 0 aromatic heterocycles. The van der Waals surface area contributed by atoms with Crippen LogP contribution in [-0.4, -0.2) is 17.9 Å². The monoisotopic (exact) mass is 389 g/mol. The summed E-state index contributed by atoms with van der Waals surface area (Å²) < 4.78 is 6.32. The fraction of sp³-hybridized carbons (Fsp3) is 0.263. The highest BCUT2D eigenvalue weighted by Crippen LogP contribution is 2.13. The van der Waals surface area contributed by atoms with Gasteiger partial charge in [-0.1, -0.05) is 60.1 Å². The van der Waals surface area contributed by atoms with Crippen LogP contribution in [-0.2, 0) is 16.1 Å². The number of esters is 1. The molecule has 24 heavy (non-hydrogen) atoms. The van der Waals surface area contributed by atoms with E-state index >= 15 is 0 Å². The first kappa shape index (κ1) is 18.2. The predicted octanol–water partition coefficient (Wildman–Crippen LogP) is 3.95. The van der Waals surface area contributed by atoms with Crippen LogP contribution in [0.15, 0.2) is 59.1 Å². The molecule has 0 aliphatic carbocycles. The lowest BCUT2D eigenvalue weighted by molar-refractivity contribution is -0.148. The van der Waals surface area contributed by atoms with Gasteiger partial charge in [0, 0.05) is 10.0 Å². The minimum Gasteiger partial charge on any atom is -0.459 e. The van der Waals surface area contributed by atoms with E-state index in [4.69, 9.17) is 4.74 Å². The highest BCUT2D eigenvalue weighted by molar-refractivity contribution is 9.10. The summed E-state index contributed by atoms with van der Waals surface area (Å²) in [7, 11) is 0. The lowest BCUT2D eigenvalue weighted by Crippen LogP contribution is -2.45. The summed E-state index contributed by atoms with van der Waals surface area (Å²) in [5.41, 5.74) is 1.41. The molecule has 2 aromatic carbocycles. The first-order chi connectivity index (χ1) is 11.5. The average Bonchev–Trinajstić information content (AvgIpc) is 2.59. The Bertz CT molecular complexity index is 684. The Labute approximate surface area is 150 Å². The quantitative estimate of drug-likeness (QED) is 0.760. The summed E-state index contributed by atoms with van der Waals surface area (Å²) in [6, 6.07) is 15.7. The maximum Gasteiger partial charge on any atom is 0.329 e. The molecule has 1 amide bonds. The number of carbonyl (C=O) groups excluding carboxylic acids is 2. The number of nitrogens with one attached hydrogen (secondary N) is 1. The van der Waals surface area contributed by atoms with Crippen molar-refractivity contribution < 1.29 is 14.3 Å². The molecule has 0 fully saturated rings. The van der Waals surface area contributed by atoms with Gasteiger partial charge in [-0.3, -0.25) is 4.79 Å². The number of amides is 1. The molecule has 0 aliphatic rings. The largest absolute Gasteiger partial charge is 0.459 e. The SMILES string of the molecule is CC(C)[C@@H](NC(=O)c1ccccc1)C(=O)OCc1ccc(Br)cc1. The Kier molecular flexibility index (Phi) is 6.55. The molecule has 0 aliphatic heterocycles. The second-order valence-electron chi connectivity index (χ2n) is 5.80. The second-order valence-corrected chi connectivity index (χ2v) is 6.71. The van der Waals surface area contributed by atoms with Crippen molar-refractivity contribution in [3.8, 4) is 0 Å². The smallest absolute Gasteiger partial charge is 0.329 e. The number of hydrogen-bond acceptors (Lipinski definition) is 3. The fourth-order valence-electron chi connectivity index (χ4n) is 2.14. The van der Waals surface area contributed by atoms with Crippen molar-refractivity contribution >= 4 is 27.8 Å². The molecule has 0 spiro atoms. The fourth-order valence-corrected chi connectivity index (χ4v) is 2.40. The van der Waals surface area contributed by atoms with Crippen LogP contribution in [0, 0.1) is 5.92 Å². The topological polar surface area (TPSA) is 55.4 Å². The number of rotatable bonds is 6. The highest BCUT2D eigenvalue weighted by atomic mass is 79.9. The molecule has 0 unspecified atom stereocenters. The minimum absolute atomic E-state index is 0.0740. The van der Waals surface area contributed by atoms with Crippen molar-refractivity contribution in [2.45, 2.75) is 26.5 Å². The van der Waals surface area contributed by atoms with Crippen molar-refractivity contribution in [1.82, 2.24) is 5.32 Å². The summed E-state index contributed by atoms with van der Waals surface area (Å²) in [5.74, 6) is -0.790. The number of benzene rings is 2. The number of ether oxygens (including phenoxy) is 1. The van der Waals surface area contributed by atoms with Crippen LogP contribution in [0.25, 0.3) is 0 Å². The molecule has 1 N–H and O–H groups in total. The van der Waals surface area contributed by atoms with E-state index in [1.807, 2.05) is 44.2 Å². The van der Waals surface area contributed by atoms with Gasteiger partial charge in [0.15, 0.2) is 0 Å². The number of carbonyl (C=O) groups is 2. The summed E-state index contributed by atoms with van der Waals surface area (Å²) >= 11 is 3.36. The van der Waals surface area contributed by atoms with Gasteiger partial charge in [-0.05, 0) is 35.7 Å². The molecule has 2 aromatic rings. The average molecular weight is 390 g/mol. The van der Waals surface area contributed by atoms with Crippen LogP contribution in [0.3, 0.4) is 0 Å². The normalized spacial score (nSPS) is 11.8. The summed E-state index contributed by atoms with van der Waals surface area (Å²) in [6.07, 6.45) is 0. The first-order valence-corrected chi connectivity index (χ1v) is 8.53. The van der Waals surface area contributed by atoms with E-state index in [0.29, 0.717) is 5.56 Å². The van der Waals surface area contributed by atoms with Crippen molar-refractivity contribution in [1.29, 1.82) is 0 Å². The predicted molar refractivity (Wildman–Crippen MR) is 96.5 cm³/mol. The van der Waals surface area contributed by atoms with E-state index < -0.39 is 12.0 Å². The molecule has 0 radical (unpaired) electrons. The lowest BCUT2D eigenvalue weighted by atomic mass is 10.0. The Morgan fingerprint density at radius 1 is 1.04 bits per heavy atom. The second kappa shape index (κ2) is 8.64. The zero-order valence-corrected chi connectivity index (χ0v) is 15.2. The third-order valence-electron chi connectivity index (χ3n) is 3.54. The van der Waals surface area contributed by atoms with Gasteiger partial charge in [-0.15, -0.1) is 0 Å². The molecule has 0 heterocycles. The van der Waals surface area contributed by atoms with Crippen molar-refractivity contribution in [3.63, 3.8) is 0 Å². The summed E-state index contributed by atoms with van der Waals surface area (Å²) in [4.78, 5) is 24.6. The van der Waals surface area contributed by atoms with Gasteiger partial charge in [0.05, 0.1) is 0 Å². The van der Waals surface area contributed by atoms with E-state index in [1.165, 1.54) is 0 Å². The van der Waals surface area contributed by atoms with Gasteiger partial charge >= 0.3 is 5.97 Å². The summed E-state index contributed by atoms with van der Waals surface area (Å²) in [5, 5.41) is 2.76. The molecule has 0 saturated heterocycles. The van der Waals surface area contributed by atoms with Crippen LogP contribution in [0.2, 0.25) is 0 Å². The van der Waals surface area contributed by atoms with E-state index in [0.717, 1.165) is 10.0 Å². The standard InChI is InChI=1S/C19H20BrNO3/c1-13(2)17(21-18(22)15-6-4-3-5-7-15)19(23)24-12-14-8-10-16(20)11-9-14/h3-11,13,17H,12H2,1-2H3,(H,21,22)/t17-/m1/s1. The van der Waals surface area contributed by atoms with Gasteiger partial charge in [0.25, 0.3) is 5.91 Å². The summed E-state index contributed by atoms with van der Waals surface area (Å²) in [6.45, 7) is 3.92. The number of hydrogen-bond donors (Lipinski definition) is 1. The molecule has 2 rings (SSSR count). The van der Waals surface area contributed by atoms with Crippen molar-refractivity contribution in [3.05, 3.63) is 70.2 Å². The van der Waals surface area contributed by atoms with Crippen LogP contribution >= 0.6 is 15.9 Å². The van der Waals surface area contributed by atoms with Gasteiger partial charge in [-0.2, -0.15) is 0 Å². The maximum absolute atomic E-state index is 12.3. The molecular weight excluding hydrogens is 370 g/mol. The van der Waals surface area contributed by atoms with Crippen LogP contribution in [0.1, 0.15) is 29.8 Å². The van der Waals surface area contributed by atoms with Crippen LogP contribution < -0.4 is 5.32 Å². The van der Waals surface area contributed by atoms with Gasteiger partial charge < -0.3 is 10.1 Å². The molecule has 4 nitrogen and oxygen atoms in total. The van der Waals surface area contributed by atoms with Gasteiger partial charge in [0.2, 0.25) is 0 Å². The molecule has 1 atom stereocenters. The first-order valence-electron chi connectivity index (χ1n) is 7.74. The van der Waals surface area contributed by atoms with Crippen LogP contribution in [0.4, 0.5) is 0 Å². The number of halogens is 1. The third kappa shape index (κ3) is 5.20. The van der Waals surface area contributed by atoms with E-state index in [2.05, 4.69) is 21.2 Å². The highest BCUT2D eigenvalue weighted by Gasteiger charge is 2.26. The van der Waals surface area contributed by atoms with Gasteiger partial charge in [-0.25, -0.2) is 4.79 Å². The molecule has 0 bridgehead atoms. The molecule has 5 heteroatoms. The van der Waals surface area contributed by atoms with E-state index in [1.54, 1.807) is 24.3 Å².